The van der Waals surface area contributed by atoms with Gasteiger partial charge >= 0.3 is 0 Å². The summed E-state index contributed by atoms with van der Waals surface area (Å²) in [6.07, 6.45) is 2.34. The van der Waals surface area contributed by atoms with Crippen molar-refractivity contribution in [2.24, 2.45) is 7.05 Å². The summed E-state index contributed by atoms with van der Waals surface area (Å²) in [6, 6.07) is 39.7. The molecule has 2 nitrogen and oxygen atoms in total. The van der Waals surface area contributed by atoms with Crippen LogP contribution in [-0.2, 0) is 7.05 Å². The SMILES string of the molecule is Cc1c(-c2c3sc4ccccc4c3c(-n3c4ccccc4c4ccccc43)c[n+]2C)ccc2ccccc12. The number of thiophene rings is 1. The van der Waals surface area contributed by atoms with Gasteiger partial charge in [-0.25, -0.2) is 0 Å². The molecule has 0 fully saturated rings. The van der Waals surface area contributed by atoms with Gasteiger partial charge in [0.25, 0.3) is 0 Å². The van der Waals surface area contributed by atoms with Crippen molar-refractivity contribution in [3.05, 3.63) is 121 Å². The fraction of sp³-hybridized carbons (Fsp3) is 0.0571. The summed E-state index contributed by atoms with van der Waals surface area (Å²) in [5.41, 5.74) is 7.58. The summed E-state index contributed by atoms with van der Waals surface area (Å²) in [7, 11) is 2.20. The monoisotopic (exact) mass is 505 g/mol. The van der Waals surface area contributed by atoms with Crippen LogP contribution in [0.1, 0.15) is 5.56 Å². The molecule has 5 aromatic carbocycles. The number of benzene rings is 5. The van der Waals surface area contributed by atoms with Gasteiger partial charge in [0.1, 0.15) is 17.4 Å². The summed E-state index contributed by atoms with van der Waals surface area (Å²) < 4.78 is 7.44. The van der Waals surface area contributed by atoms with Crippen LogP contribution in [0, 0.1) is 6.92 Å². The first-order valence-electron chi connectivity index (χ1n) is 13.0. The largest absolute Gasteiger partial charge is 0.303 e. The van der Waals surface area contributed by atoms with Gasteiger partial charge in [0.15, 0.2) is 6.20 Å². The summed E-state index contributed by atoms with van der Waals surface area (Å²) >= 11 is 1.90. The number of para-hydroxylation sites is 2. The van der Waals surface area contributed by atoms with Gasteiger partial charge in [-0.3, -0.25) is 0 Å². The predicted molar refractivity (Wildman–Crippen MR) is 163 cm³/mol. The van der Waals surface area contributed by atoms with E-state index in [4.69, 9.17) is 0 Å². The molecule has 3 heterocycles. The summed E-state index contributed by atoms with van der Waals surface area (Å²) in [5.74, 6) is 0. The molecule has 0 radical (unpaired) electrons. The maximum atomic E-state index is 2.46. The number of hydrogen-bond donors (Lipinski definition) is 0. The fourth-order valence-corrected chi connectivity index (χ4v) is 7.60. The highest BCUT2D eigenvalue weighted by atomic mass is 32.1. The Morgan fingerprint density at radius 2 is 1.24 bits per heavy atom. The van der Waals surface area contributed by atoms with Gasteiger partial charge in [0.2, 0.25) is 5.69 Å². The van der Waals surface area contributed by atoms with Crippen molar-refractivity contribution in [2.75, 3.05) is 0 Å². The van der Waals surface area contributed by atoms with Crippen LogP contribution in [0.4, 0.5) is 0 Å². The van der Waals surface area contributed by atoms with Gasteiger partial charge in [-0.15, -0.1) is 11.3 Å². The maximum Gasteiger partial charge on any atom is 0.230 e. The molecule has 0 saturated carbocycles. The number of rotatable bonds is 2. The number of hydrogen-bond acceptors (Lipinski definition) is 1. The molecule has 3 aromatic heterocycles. The Hall–Kier alpha value is -4.47. The minimum absolute atomic E-state index is 1.22. The number of fused-ring (bicyclic) bond motifs is 7. The summed E-state index contributed by atoms with van der Waals surface area (Å²) in [4.78, 5) is 0. The van der Waals surface area contributed by atoms with Crippen molar-refractivity contribution in [1.29, 1.82) is 0 Å². The molecule has 0 aliphatic heterocycles. The number of nitrogens with zero attached hydrogens (tertiary/aromatic N) is 2. The lowest BCUT2D eigenvalue weighted by Crippen LogP contribution is -2.32. The van der Waals surface area contributed by atoms with E-state index in [-0.39, 0.29) is 0 Å². The van der Waals surface area contributed by atoms with E-state index in [2.05, 4.69) is 138 Å². The highest BCUT2D eigenvalue weighted by Gasteiger charge is 2.26. The number of aryl methyl sites for hydroxylation is 2. The molecule has 0 unspecified atom stereocenters. The molecule has 0 spiro atoms. The van der Waals surface area contributed by atoms with Crippen molar-refractivity contribution >= 4 is 64.1 Å². The van der Waals surface area contributed by atoms with E-state index < -0.39 is 0 Å². The third-order valence-corrected chi connectivity index (χ3v) is 9.19. The standard InChI is InChI=1S/C35H25N2S/c1-22-24-12-4-3-11-23(24)19-20-25(22)34-35-33(28-15-7-10-18-32(28)38-35)31(21-36(34)2)37-29-16-8-5-13-26(29)27-14-6-9-17-30(27)37/h3-21H,1-2H3/q+1. The van der Waals surface area contributed by atoms with Crippen LogP contribution < -0.4 is 4.57 Å². The zero-order valence-electron chi connectivity index (χ0n) is 21.3. The second-order valence-corrected chi connectivity index (χ2v) is 11.2. The van der Waals surface area contributed by atoms with Crippen molar-refractivity contribution < 1.29 is 4.57 Å². The van der Waals surface area contributed by atoms with Crippen LogP contribution in [0.5, 0.6) is 0 Å². The molecule has 8 rings (SSSR count). The Balaban J connectivity index is 1.56. The highest BCUT2D eigenvalue weighted by molar-refractivity contribution is 7.26. The minimum Gasteiger partial charge on any atom is -0.303 e. The van der Waals surface area contributed by atoms with E-state index in [9.17, 15) is 0 Å². The molecule has 0 aliphatic rings. The predicted octanol–water partition coefficient (Wildman–Crippen LogP) is 9.10. The van der Waals surface area contributed by atoms with Crippen LogP contribution in [0.2, 0.25) is 0 Å². The molecule has 0 bridgehead atoms. The van der Waals surface area contributed by atoms with Crippen LogP contribution in [0.3, 0.4) is 0 Å². The van der Waals surface area contributed by atoms with Crippen LogP contribution >= 0.6 is 11.3 Å². The second kappa shape index (κ2) is 8.01. The zero-order chi connectivity index (χ0) is 25.4. The smallest absolute Gasteiger partial charge is 0.230 e. The lowest BCUT2D eigenvalue weighted by atomic mass is 9.96. The van der Waals surface area contributed by atoms with Gasteiger partial charge in [0.05, 0.1) is 16.6 Å². The number of pyridine rings is 1. The zero-order valence-corrected chi connectivity index (χ0v) is 22.1. The summed E-state index contributed by atoms with van der Waals surface area (Å²) in [5, 5.41) is 7.79. The molecule has 0 amide bonds. The normalized spacial score (nSPS) is 11.9. The third kappa shape index (κ3) is 2.91. The van der Waals surface area contributed by atoms with E-state index >= 15 is 0 Å². The van der Waals surface area contributed by atoms with Gasteiger partial charge in [-0.1, -0.05) is 84.9 Å². The first kappa shape index (κ1) is 21.6. The first-order chi connectivity index (χ1) is 18.7. The molecule has 0 aliphatic carbocycles. The summed E-state index contributed by atoms with van der Waals surface area (Å²) in [6.45, 7) is 2.26. The Morgan fingerprint density at radius 1 is 0.632 bits per heavy atom. The lowest BCUT2D eigenvalue weighted by molar-refractivity contribution is -0.658. The van der Waals surface area contributed by atoms with E-state index in [0.29, 0.717) is 0 Å². The van der Waals surface area contributed by atoms with Crippen molar-refractivity contribution in [2.45, 2.75) is 6.92 Å². The maximum absolute atomic E-state index is 2.46. The minimum atomic E-state index is 1.22. The van der Waals surface area contributed by atoms with Gasteiger partial charge < -0.3 is 4.57 Å². The van der Waals surface area contributed by atoms with E-state index in [1.165, 1.54) is 75.3 Å². The molecule has 3 heteroatoms. The van der Waals surface area contributed by atoms with Crippen LogP contribution in [-0.4, -0.2) is 4.57 Å². The quantitative estimate of drug-likeness (QED) is 0.207. The molecular formula is C35H25N2S+. The van der Waals surface area contributed by atoms with Gasteiger partial charge in [0, 0.05) is 26.2 Å². The average Bonchev–Trinajstić information content (AvgIpc) is 3.50. The number of aromatic nitrogens is 2. The van der Waals surface area contributed by atoms with Gasteiger partial charge in [-0.05, 0) is 47.5 Å². The first-order valence-corrected chi connectivity index (χ1v) is 13.8. The Morgan fingerprint density at radius 3 is 1.97 bits per heavy atom. The highest BCUT2D eigenvalue weighted by Crippen LogP contribution is 2.44. The third-order valence-electron chi connectivity index (χ3n) is 8.01. The van der Waals surface area contributed by atoms with E-state index in [0.717, 1.165) is 0 Å². The second-order valence-electron chi connectivity index (χ2n) is 10.1. The molecule has 0 saturated heterocycles. The van der Waals surface area contributed by atoms with Crippen molar-refractivity contribution in [3.8, 4) is 16.9 Å². The van der Waals surface area contributed by atoms with Crippen LogP contribution in [0.25, 0.3) is 69.7 Å². The molecule has 38 heavy (non-hydrogen) atoms. The topological polar surface area (TPSA) is 8.81 Å². The van der Waals surface area contributed by atoms with E-state index in [1.54, 1.807) is 0 Å². The molecular weight excluding hydrogens is 480 g/mol. The molecule has 180 valence electrons. The van der Waals surface area contributed by atoms with Gasteiger partial charge in [-0.2, -0.15) is 4.57 Å². The van der Waals surface area contributed by atoms with Crippen LogP contribution in [0.15, 0.2) is 115 Å². The Labute approximate surface area is 224 Å². The van der Waals surface area contributed by atoms with Crippen molar-refractivity contribution in [3.63, 3.8) is 0 Å². The lowest BCUT2D eigenvalue weighted by Gasteiger charge is -2.13. The molecule has 8 aromatic rings. The Kier molecular flexibility index (Phi) is 4.55. The van der Waals surface area contributed by atoms with E-state index in [1.807, 2.05) is 11.3 Å². The fourth-order valence-electron chi connectivity index (χ4n) is 6.29. The molecule has 0 atom stereocenters. The Bertz CT molecular complexity index is 2160. The average molecular weight is 506 g/mol. The van der Waals surface area contributed by atoms with Crippen molar-refractivity contribution in [1.82, 2.24) is 4.57 Å². The molecule has 0 N–H and O–H groups in total.